The van der Waals surface area contributed by atoms with Gasteiger partial charge in [-0.05, 0) is 17.4 Å². The molecule has 1 aromatic rings. The van der Waals surface area contributed by atoms with E-state index < -0.39 is 0 Å². The van der Waals surface area contributed by atoms with Crippen LogP contribution in [0.1, 0.15) is 0 Å². The Morgan fingerprint density at radius 2 is 1.88 bits per heavy atom. The minimum absolute atomic E-state index is 0. The van der Waals surface area contributed by atoms with Crippen molar-refractivity contribution < 1.29 is 0 Å². The lowest BCUT2D eigenvalue weighted by molar-refractivity contribution is 0.225. The molecule has 2 rings (SSSR count). The normalized spacial score (nSPS) is 15.3. The van der Waals surface area contributed by atoms with Crippen molar-refractivity contribution in [3.63, 3.8) is 0 Å². The Hall–Kier alpha value is -0.474. The van der Waals surface area contributed by atoms with Gasteiger partial charge >= 0.3 is 0 Å². The third-order valence-corrected chi connectivity index (χ3v) is 2.17. The maximum atomic E-state index is 5.02. The monoisotopic (exact) mass is 262 g/mol. The van der Waals surface area contributed by atoms with E-state index >= 15 is 0 Å². The fourth-order valence-corrected chi connectivity index (χ4v) is 1.66. The molecule has 0 aliphatic carbocycles. The van der Waals surface area contributed by atoms with Gasteiger partial charge in [-0.2, -0.15) is 0 Å². The SMILES string of the molecule is S=C1C=C(S)NN(Nc2ccccc2)N1.[Mg]. The Bertz CT molecular complexity index is 396. The summed E-state index contributed by atoms with van der Waals surface area (Å²) in [6.45, 7) is 0. The highest BCUT2D eigenvalue weighted by Gasteiger charge is 2.11. The molecule has 3 N–H and O–H groups in total. The zero-order chi connectivity index (χ0) is 10.7. The first-order valence-corrected chi connectivity index (χ1v) is 5.19. The van der Waals surface area contributed by atoms with Gasteiger partial charge in [-0.25, -0.2) is 0 Å². The molecule has 0 spiro atoms. The molecule has 0 saturated heterocycles. The molecule has 4 nitrogen and oxygen atoms in total. The van der Waals surface area contributed by atoms with Crippen LogP contribution in [0.4, 0.5) is 5.69 Å². The summed E-state index contributed by atoms with van der Waals surface area (Å²) in [5, 5.41) is 2.24. The van der Waals surface area contributed by atoms with Crippen LogP contribution in [-0.4, -0.2) is 33.3 Å². The molecule has 1 heterocycles. The van der Waals surface area contributed by atoms with E-state index in [-0.39, 0.29) is 23.1 Å². The van der Waals surface area contributed by atoms with E-state index in [1.807, 2.05) is 30.3 Å². The lowest BCUT2D eigenvalue weighted by Gasteiger charge is -2.29. The van der Waals surface area contributed by atoms with Crippen molar-refractivity contribution >= 4 is 58.6 Å². The number of nitrogens with one attached hydrogen (secondary N) is 3. The second-order valence-electron chi connectivity index (χ2n) is 2.93. The third kappa shape index (κ3) is 3.83. The first kappa shape index (κ1) is 13.6. The van der Waals surface area contributed by atoms with Crippen molar-refractivity contribution in [2.45, 2.75) is 0 Å². The van der Waals surface area contributed by atoms with Gasteiger partial charge in [0.05, 0.1) is 10.7 Å². The zero-order valence-electron chi connectivity index (χ0n) is 8.47. The molecule has 80 valence electrons. The number of hydrazine groups is 3. The number of benzene rings is 1. The lowest BCUT2D eigenvalue weighted by Crippen LogP contribution is -2.55. The van der Waals surface area contributed by atoms with Gasteiger partial charge in [-0.15, -0.1) is 12.6 Å². The second kappa shape index (κ2) is 6.31. The van der Waals surface area contributed by atoms with Crippen LogP contribution in [0.15, 0.2) is 41.4 Å². The number of thiol groups is 1. The fraction of sp³-hybridized carbons (Fsp3) is 0. The van der Waals surface area contributed by atoms with Crippen molar-refractivity contribution in [1.82, 2.24) is 16.1 Å². The van der Waals surface area contributed by atoms with E-state index in [0.29, 0.717) is 10.0 Å². The lowest BCUT2D eigenvalue weighted by atomic mass is 10.3. The third-order valence-electron chi connectivity index (χ3n) is 1.73. The first-order chi connectivity index (χ1) is 7.24. The molecule has 1 aliphatic heterocycles. The van der Waals surface area contributed by atoms with Crippen molar-refractivity contribution in [2.24, 2.45) is 0 Å². The smallest absolute Gasteiger partial charge is 0.119 e. The quantitative estimate of drug-likeness (QED) is 0.364. The van der Waals surface area contributed by atoms with Crippen molar-refractivity contribution in [1.29, 1.82) is 0 Å². The molecule has 2 radical (unpaired) electrons. The molecule has 0 saturated carbocycles. The Morgan fingerprint density at radius 3 is 2.50 bits per heavy atom. The standard InChI is InChI=1S/C9H10N4S2.Mg/c14-8-6-9(15)12-13(11-8)10-7-4-2-1-3-5-7;/h1-6,10-11,14H,(H,12,15);. The van der Waals surface area contributed by atoms with E-state index in [4.69, 9.17) is 12.2 Å². The van der Waals surface area contributed by atoms with Crippen LogP contribution in [0.3, 0.4) is 0 Å². The molecule has 0 aromatic heterocycles. The van der Waals surface area contributed by atoms with Gasteiger partial charge in [0.15, 0.2) is 0 Å². The first-order valence-electron chi connectivity index (χ1n) is 4.34. The van der Waals surface area contributed by atoms with Gasteiger partial charge in [0.25, 0.3) is 0 Å². The van der Waals surface area contributed by atoms with Gasteiger partial charge in [0.1, 0.15) is 4.99 Å². The molecular weight excluding hydrogens is 253 g/mol. The summed E-state index contributed by atoms with van der Waals surface area (Å²) < 4.78 is 0. The molecule has 1 aromatic carbocycles. The second-order valence-corrected chi connectivity index (χ2v) is 3.85. The topological polar surface area (TPSA) is 39.3 Å². The average Bonchev–Trinajstić information content (AvgIpc) is 2.17. The van der Waals surface area contributed by atoms with Gasteiger partial charge in [-0.3, -0.25) is 16.3 Å². The summed E-state index contributed by atoms with van der Waals surface area (Å²) in [6.07, 6.45) is 1.72. The highest BCUT2D eigenvalue weighted by molar-refractivity contribution is 7.84. The van der Waals surface area contributed by atoms with Crippen LogP contribution < -0.4 is 16.3 Å². The molecular formula is C9H10MgN4S2. The molecule has 1 aliphatic rings. The summed E-state index contributed by atoms with van der Waals surface area (Å²) >= 11 is 9.21. The fourth-order valence-electron chi connectivity index (χ4n) is 1.14. The Morgan fingerprint density at radius 1 is 1.19 bits per heavy atom. The van der Waals surface area contributed by atoms with Crippen LogP contribution >= 0.6 is 24.8 Å². The molecule has 0 atom stereocenters. The summed E-state index contributed by atoms with van der Waals surface area (Å²) in [4.78, 5) is 0.599. The minimum Gasteiger partial charge on any atom is -0.283 e. The van der Waals surface area contributed by atoms with Crippen molar-refractivity contribution in [3.8, 4) is 0 Å². The average molecular weight is 263 g/mol. The van der Waals surface area contributed by atoms with E-state index in [1.54, 1.807) is 11.3 Å². The summed E-state index contributed by atoms with van der Waals surface area (Å²) in [5.41, 5.74) is 9.88. The van der Waals surface area contributed by atoms with Crippen molar-refractivity contribution in [2.75, 3.05) is 5.43 Å². The Kier molecular flexibility index (Phi) is 5.36. The van der Waals surface area contributed by atoms with E-state index in [9.17, 15) is 0 Å². The molecule has 7 heteroatoms. The maximum absolute atomic E-state index is 5.02. The molecule has 16 heavy (non-hydrogen) atoms. The van der Waals surface area contributed by atoms with Crippen molar-refractivity contribution in [3.05, 3.63) is 41.4 Å². The highest BCUT2D eigenvalue weighted by Crippen LogP contribution is 2.07. The van der Waals surface area contributed by atoms with Gasteiger partial charge in [0, 0.05) is 29.1 Å². The molecule has 0 fully saturated rings. The molecule has 0 unspecified atom stereocenters. The summed E-state index contributed by atoms with van der Waals surface area (Å²) in [6, 6.07) is 9.74. The van der Waals surface area contributed by atoms with Crippen LogP contribution in [0, 0.1) is 0 Å². The molecule has 0 amide bonds. The Balaban J connectivity index is 0.00000128. The summed E-state index contributed by atoms with van der Waals surface area (Å²) in [7, 11) is 0. The largest absolute Gasteiger partial charge is 0.283 e. The van der Waals surface area contributed by atoms with E-state index in [0.717, 1.165) is 5.69 Å². The number of hydrogen-bond donors (Lipinski definition) is 4. The zero-order valence-corrected chi connectivity index (χ0v) is 11.6. The van der Waals surface area contributed by atoms with Crippen LogP contribution in [0.2, 0.25) is 0 Å². The van der Waals surface area contributed by atoms with Crippen LogP contribution in [0.25, 0.3) is 0 Å². The van der Waals surface area contributed by atoms with Gasteiger partial charge < -0.3 is 0 Å². The number of hydrogen-bond acceptors (Lipinski definition) is 5. The van der Waals surface area contributed by atoms with E-state index in [2.05, 4.69) is 28.9 Å². The number of rotatable bonds is 2. The highest BCUT2D eigenvalue weighted by atomic mass is 32.1. The summed E-state index contributed by atoms with van der Waals surface area (Å²) in [5.74, 6) is 0. The predicted octanol–water partition coefficient (Wildman–Crippen LogP) is 1.06. The Labute approximate surface area is 121 Å². The number of nitrogens with zero attached hydrogens (tertiary/aromatic N) is 1. The predicted molar refractivity (Wildman–Crippen MR) is 73.6 cm³/mol. The number of para-hydroxylation sites is 1. The number of anilines is 1. The number of thiocarbonyl (C=S) groups is 1. The minimum atomic E-state index is 0. The maximum Gasteiger partial charge on any atom is 0.119 e. The van der Waals surface area contributed by atoms with Crippen LogP contribution in [0.5, 0.6) is 0 Å². The van der Waals surface area contributed by atoms with E-state index in [1.165, 1.54) is 0 Å². The van der Waals surface area contributed by atoms with Gasteiger partial charge in [0.2, 0.25) is 0 Å². The molecule has 0 bridgehead atoms. The van der Waals surface area contributed by atoms with Gasteiger partial charge in [-0.1, -0.05) is 30.4 Å². The van der Waals surface area contributed by atoms with Crippen LogP contribution in [-0.2, 0) is 0 Å².